The Hall–Kier alpha value is -2.52. The van der Waals surface area contributed by atoms with Gasteiger partial charge < -0.3 is 18.9 Å². The largest absolute Gasteiger partial charge is 0.492 e. The molecule has 4 aromatic carbocycles. The maximum atomic E-state index is 6.43. The summed E-state index contributed by atoms with van der Waals surface area (Å²) in [7, 11) is 0. The third-order valence-corrected chi connectivity index (χ3v) is 8.32. The standard InChI is InChI=1S/C36H40O4S4/c41-17-13-37-33-25-5-1-6-26(33)22-28-8-3-10-30(35(28)39-15-19-43)24-32-12-4-11-31(36(32)40-16-20-44)23-29-9-2-7-27(21-25)34(29)38-14-18-42/h1-12,41-44H,13-24H2. The van der Waals surface area contributed by atoms with Crippen molar-refractivity contribution in [2.75, 3.05) is 49.4 Å². The van der Waals surface area contributed by atoms with E-state index in [9.17, 15) is 0 Å². The molecule has 1 aliphatic carbocycles. The molecule has 0 atom stereocenters. The Morgan fingerprint density at radius 2 is 0.523 bits per heavy atom. The second-order valence-corrected chi connectivity index (χ2v) is 12.4. The Morgan fingerprint density at radius 1 is 0.341 bits per heavy atom. The van der Waals surface area contributed by atoms with Gasteiger partial charge in [0.2, 0.25) is 0 Å². The highest BCUT2D eigenvalue weighted by molar-refractivity contribution is 7.80. The minimum absolute atomic E-state index is 0.517. The van der Waals surface area contributed by atoms with E-state index in [0.717, 1.165) is 67.5 Å². The van der Waals surface area contributed by atoms with Crippen LogP contribution in [0.2, 0.25) is 0 Å². The Kier molecular flexibility index (Phi) is 12.5. The van der Waals surface area contributed by atoms with E-state index in [0.29, 0.717) is 75.1 Å². The molecule has 0 N–H and O–H groups in total. The van der Waals surface area contributed by atoms with Crippen LogP contribution in [0, 0.1) is 0 Å². The first-order valence-corrected chi connectivity index (χ1v) is 17.6. The Bertz CT molecular complexity index is 1230. The van der Waals surface area contributed by atoms with E-state index in [1.54, 1.807) is 0 Å². The number of benzene rings is 4. The molecule has 0 saturated heterocycles. The average Bonchev–Trinajstić information content (AvgIpc) is 3.03. The van der Waals surface area contributed by atoms with Gasteiger partial charge in [-0.3, -0.25) is 0 Å². The van der Waals surface area contributed by atoms with Gasteiger partial charge in [0.25, 0.3) is 0 Å². The van der Waals surface area contributed by atoms with Crippen molar-refractivity contribution >= 4 is 50.5 Å². The summed E-state index contributed by atoms with van der Waals surface area (Å²) in [5.74, 6) is 6.10. The van der Waals surface area contributed by atoms with Crippen molar-refractivity contribution in [2.24, 2.45) is 0 Å². The predicted octanol–water partition coefficient (Wildman–Crippen LogP) is 7.60. The molecule has 0 heterocycles. The van der Waals surface area contributed by atoms with E-state index in [2.05, 4.69) is 123 Å². The minimum Gasteiger partial charge on any atom is -0.492 e. The molecule has 0 spiro atoms. The van der Waals surface area contributed by atoms with Crippen molar-refractivity contribution in [2.45, 2.75) is 25.7 Å². The van der Waals surface area contributed by atoms with Crippen LogP contribution in [0.4, 0.5) is 0 Å². The first-order chi connectivity index (χ1) is 21.7. The highest BCUT2D eigenvalue weighted by Gasteiger charge is 2.21. The van der Waals surface area contributed by atoms with E-state index in [1.165, 1.54) is 0 Å². The summed E-state index contributed by atoms with van der Waals surface area (Å²) < 4.78 is 25.7. The highest BCUT2D eigenvalue weighted by atomic mass is 32.1. The first-order valence-electron chi connectivity index (χ1n) is 15.0. The van der Waals surface area contributed by atoms with Crippen molar-refractivity contribution < 1.29 is 18.9 Å². The van der Waals surface area contributed by atoms with Crippen LogP contribution in [-0.4, -0.2) is 49.4 Å². The number of para-hydroxylation sites is 4. The van der Waals surface area contributed by atoms with Gasteiger partial charge in [-0.25, -0.2) is 0 Å². The van der Waals surface area contributed by atoms with E-state index in [4.69, 9.17) is 18.9 Å². The fraction of sp³-hybridized carbons (Fsp3) is 0.333. The van der Waals surface area contributed by atoms with Crippen molar-refractivity contribution in [1.29, 1.82) is 0 Å². The quantitative estimate of drug-likeness (QED) is 0.104. The molecule has 44 heavy (non-hydrogen) atoms. The van der Waals surface area contributed by atoms with Crippen LogP contribution in [0.5, 0.6) is 23.0 Å². The van der Waals surface area contributed by atoms with Gasteiger partial charge in [0.15, 0.2) is 0 Å². The third-order valence-electron chi connectivity index (χ3n) is 7.59. The van der Waals surface area contributed by atoms with Crippen LogP contribution in [-0.2, 0) is 25.7 Å². The van der Waals surface area contributed by atoms with Crippen molar-refractivity contribution in [1.82, 2.24) is 0 Å². The van der Waals surface area contributed by atoms with Crippen LogP contribution >= 0.6 is 50.5 Å². The molecular formula is C36H40O4S4. The average molecular weight is 665 g/mol. The van der Waals surface area contributed by atoms with Crippen LogP contribution in [0.25, 0.3) is 0 Å². The number of rotatable bonds is 12. The lowest BCUT2D eigenvalue weighted by atomic mass is 9.91. The molecule has 8 heteroatoms. The van der Waals surface area contributed by atoms with Gasteiger partial charge in [-0.1, -0.05) is 72.8 Å². The van der Waals surface area contributed by atoms with Crippen LogP contribution in [0.15, 0.2) is 72.8 Å². The highest BCUT2D eigenvalue weighted by Crippen LogP contribution is 2.38. The number of ether oxygens (including phenoxy) is 4. The minimum atomic E-state index is 0.517. The molecule has 0 fully saturated rings. The fourth-order valence-electron chi connectivity index (χ4n) is 5.82. The van der Waals surface area contributed by atoms with Gasteiger partial charge in [0.05, 0.1) is 26.4 Å². The molecular weight excluding hydrogens is 625 g/mol. The third kappa shape index (κ3) is 8.00. The molecule has 4 nitrogen and oxygen atoms in total. The summed E-state index contributed by atoms with van der Waals surface area (Å²) in [4.78, 5) is 0. The Balaban J connectivity index is 1.74. The van der Waals surface area contributed by atoms with E-state index < -0.39 is 0 Å². The molecule has 4 aromatic rings. The zero-order chi connectivity index (χ0) is 30.7. The van der Waals surface area contributed by atoms with Gasteiger partial charge >= 0.3 is 0 Å². The maximum Gasteiger partial charge on any atom is 0.126 e. The number of thiol groups is 4. The van der Waals surface area contributed by atoms with Gasteiger partial charge in [0.1, 0.15) is 23.0 Å². The summed E-state index contributed by atoms with van der Waals surface area (Å²) in [5, 5.41) is 0. The monoisotopic (exact) mass is 664 g/mol. The molecule has 0 aliphatic heterocycles. The lowest BCUT2D eigenvalue weighted by molar-refractivity contribution is 0.330. The Labute approximate surface area is 283 Å². The van der Waals surface area contributed by atoms with Gasteiger partial charge in [0, 0.05) is 48.7 Å². The molecule has 0 amide bonds. The maximum absolute atomic E-state index is 6.43. The Morgan fingerprint density at radius 3 is 0.682 bits per heavy atom. The smallest absolute Gasteiger partial charge is 0.126 e. The van der Waals surface area contributed by atoms with Gasteiger partial charge in [-0.2, -0.15) is 50.5 Å². The lowest BCUT2D eigenvalue weighted by Gasteiger charge is -2.22. The fourth-order valence-corrected chi connectivity index (χ4v) is 6.18. The van der Waals surface area contributed by atoms with Gasteiger partial charge in [-0.05, 0) is 44.5 Å². The van der Waals surface area contributed by atoms with Gasteiger partial charge in [-0.15, -0.1) is 0 Å². The molecule has 0 saturated carbocycles. The molecule has 232 valence electrons. The molecule has 0 radical (unpaired) electrons. The summed E-state index contributed by atoms with van der Waals surface area (Å²) in [6.45, 7) is 2.07. The van der Waals surface area contributed by atoms with Crippen molar-refractivity contribution in [3.8, 4) is 23.0 Å². The summed E-state index contributed by atoms with van der Waals surface area (Å²) in [6.07, 6.45) is 2.66. The second kappa shape index (κ2) is 16.7. The van der Waals surface area contributed by atoms with Crippen molar-refractivity contribution in [3.05, 3.63) is 117 Å². The molecule has 1 aliphatic rings. The molecule has 0 aromatic heterocycles. The predicted molar refractivity (Wildman–Crippen MR) is 194 cm³/mol. The lowest BCUT2D eigenvalue weighted by Crippen LogP contribution is -2.11. The number of hydrogen-bond donors (Lipinski definition) is 4. The summed E-state index contributed by atoms with van der Waals surface area (Å²) >= 11 is 17.8. The van der Waals surface area contributed by atoms with E-state index in [1.807, 2.05) is 0 Å². The molecule has 0 unspecified atom stereocenters. The second-order valence-electron chi connectivity index (χ2n) is 10.6. The number of fused-ring (bicyclic) bond motifs is 8. The first kappa shape index (κ1) is 32.9. The SMILES string of the molecule is SCCOc1c2cccc1Cc1cccc(c1OCCS)Cc1cccc(c1OCCS)Cc1cccc(c1OCCS)C2. The normalized spacial score (nSPS) is 12.5. The summed E-state index contributed by atoms with van der Waals surface area (Å²) in [5.41, 5.74) is 8.87. The zero-order valence-corrected chi connectivity index (χ0v) is 28.4. The van der Waals surface area contributed by atoms with E-state index in [-0.39, 0.29) is 0 Å². The topological polar surface area (TPSA) is 36.9 Å². The van der Waals surface area contributed by atoms with Crippen LogP contribution in [0.3, 0.4) is 0 Å². The molecule has 5 rings (SSSR count). The van der Waals surface area contributed by atoms with Crippen LogP contribution < -0.4 is 18.9 Å². The van der Waals surface area contributed by atoms with Crippen molar-refractivity contribution in [3.63, 3.8) is 0 Å². The van der Waals surface area contributed by atoms with Crippen LogP contribution in [0.1, 0.15) is 44.5 Å². The summed E-state index contributed by atoms with van der Waals surface area (Å²) in [6, 6.07) is 25.7. The number of hydrogen-bond acceptors (Lipinski definition) is 8. The molecule has 8 bridgehead atoms. The zero-order valence-electron chi connectivity index (χ0n) is 24.8. The van der Waals surface area contributed by atoms with E-state index >= 15 is 0 Å².